The molecule has 0 spiro atoms. The molecule has 0 aliphatic heterocycles. The summed E-state index contributed by atoms with van der Waals surface area (Å²) < 4.78 is 1.17. The van der Waals surface area contributed by atoms with Crippen molar-refractivity contribution in [2.75, 3.05) is 0 Å². The van der Waals surface area contributed by atoms with Crippen LogP contribution in [0.15, 0.2) is 15.9 Å². The lowest BCUT2D eigenvalue weighted by Crippen LogP contribution is -2.26. The molecule has 1 aromatic rings. The van der Waals surface area contributed by atoms with E-state index in [1.54, 1.807) is 11.3 Å². The quantitative estimate of drug-likeness (QED) is 0.777. The monoisotopic (exact) mass is 314 g/mol. The summed E-state index contributed by atoms with van der Waals surface area (Å²) in [6.45, 7) is 2.24. The average Bonchev–Trinajstić information content (AvgIpc) is 2.70. The Hall–Kier alpha value is -0.150. The van der Waals surface area contributed by atoms with Crippen LogP contribution in [0.4, 0.5) is 0 Å². The second-order valence-electron chi connectivity index (χ2n) is 4.99. The van der Waals surface area contributed by atoms with Crippen LogP contribution >= 0.6 is 27.3 Å². The van der Waals surface area contributed by atoms with Crippen LogP contribution in [-0.2, 0) is 11.2 Å². The van der Waals surface area contributed by atoms with E-state index < -0.39 is 0 Å². The lowest BCUT2D eigenvalue weighted by atomic mass is 9.77. The van der Waals surface area contributed by atoms with Gasteiger partial charge in [-0.3, -0.25) is 4.79 Å². The molecule has 0 radical (unpaired) electrons. The van der Waals surface area contributed by atoms with Crippen LogP contribution in [0.1, 0.15) is 43.9 Å². The summed E-state index contributed by atoms with van der Waals surface area (Å²) in [5.74, 6) is 1.54. The first-order chi connectivity index (χ1) is 8.20. The third kappa shape index (κ3) is 3.41. The summed E-state index contributed by atoms with van der Waals surface area (Å²) in [5, 5.41) is 2.09. The molecule has 94 valence electrons. The van der Waals surface area contributed by atoms with Gasteiger partial charge in [0.15, 0.2) is 0 Å². The molecule has 0 amide bonds. The SMILES string of the molecule is CCCC1CCC(=O)C(Cc2sccc2Br)C1. The molecule has 1 fully saturated rings. The maximum Gasteiger partial charge on any atom is 0.136 e. The zero-order valence-electron chi connectivity index (χ0n) is 10.2. The number of rotatable bonds is 4. The van der Waals surface area contributed by atoms with E-state index in [2.05, 4.69) is 34.3 Å². The molecule has 0 bridgehead atoms. The minimum Gasteiger partial charge on any atom is -0.299 e. The number of Topliss-reactive ketones (excluding diaryl/α,β-unsaturated/α-hetero) is 1. The van der Waals surface area contributed by atoms with Gasteiger partial charge in [0.05, 0.1) is 0 Å². The second kappa shape index (κ2) is 6.14. The largest absolute Gasteiger partial charge is 0.299 e. The van der Waals surface area contributed by atoms with E-state index in [1.165, 1.54) is 22.2 Å². The number of carbonyl (C=O) groups excluding carboxylic acids is 1. The molecule has 1 heterocycles. The van der Waals surface area contributed by atoms with Crippen molar-refractivity contribution in [3.05, 3.63) is 20.8 Å². The zero-order valence-corrected chi connectivity index (χ0v) is 12.6. The molecule has 0 N–H and O–H groups in total. The molecular formula is C14H19BrOS. The molecular weight excluding hydrogens is 296 g/mol. The lowest BCUT2D eigenvalue weighted by Gasteiger charge is -2.27. The first-order valence-corrected chi connectivity index (χ1v) is 8.12. The third-order valence-electron chi connectivity index (χ3n) is 3.69. The van der Waals surface area contributed by atoms with Crippen LogP contribution in [0.3, 0.4) is 0 Å². The van der Waals surface area contributed by atoms with Crippen molar-refractivity contribution in [1.82, 2.24) is 0 Å². The number of halogens is 1. The van der Waals surface area contributed by atoms with Crippen LogP contribution in [0.2, 0.25) is 0 Å². The van der Waals surface area contributed by atoms with Gasteiger partial charge in [-0.25, -0.2) is 0 Å². The molecule has 17 heavy (non-hydrogen) atoms. The highest BCUT2D eigenvalue weighted by Crippen LogP contribution is 2.34. The molecule has 2 atom stereocenters. The van der Waals surface area contributed by atoms with Crippen LogP contribution in [-0.4, -0.2) is 5.78 Å². The highest BCUT2D eigenvalue weighted by Gasteiger charge is 2.28. The normalized spacial score (nSPS) is 25.2. The Morgan fingerprint density at radius 1 is 1.53 bits per heavy atom. The van der Waals surface area contributed by atoms with Crippen LogP contribution in [0, 0.1) is 11.8 Å². The molecule has 1 aliphatic rings. The maximum atomic E-state index is 12.0. The summed E-state index contributed by atoms with van der Waals surface area (Å²) in [5.41, 5.74) is 0. The Bertz CT molecular complexity index is 385. The van der Waals surface area contributed by atoms with Crippen molar-refractivity contribution in [1.29, 1.82) is 0 Å². The molecule has 0 saturated heterocycles. The third-order valence-corrected chi connectivity index (χ3v) is 5.64. The van der Waals surface area contributed by atoms with Crippen LogP contribution < -0.4 is 0 Å². The predicted molar refractivity (Wildman–Crippen MR) is 76.5 cm³/mol. The first-order valence-electron chi connectivity index (χ1n) is 6.45. The van der Waals surface area contributed by atoms with Crippen molar-refractivity contribution in [2.24, 2.45) is 11.8 Å². The number of thiophene rings is 1. The summed E-state index contributed by atoms with van der Waals surface area (Å²) in [6.07, 6.45) is 6.51. The van der Waals surface area contributed by atoms with Gasteiger partial charge in [-0.05, 0) is 52.6 Å². The minimum absolute atomic E-state index is 0.273. The highest BCUT2D eigenvalue weighted by atomic mass is 79.9. The van der Waals surface area contributed by atoms with Crippen molar-refractivity contribution >= 4 is 33.0 Å². The fourth-order valence-electron chi connectivity index (χ4n) is 2.76. The van der Waals surface area contributed by atoms with Crippen molar-refractivity contribution in [3.8, 4) is 0 Å². The zero-order chi connectivity index (χ0) is 12.3. The standard InChI is InChI=1S/C14H19BrOS/c1-2-3-10-4-5-13(16)11(8-10)9-14-12(15)6-7-17-14/h6-7,10-11H,2-5,8-9H2,1H3. The molecule has 1 aromatic heterocycles. The lowest BCUT2D eigenvalue weighted by molar-refractivity contribution is -0.125. The highest BCUT2D eigenvalue weighted by molar-refractivity contribution is 9.10. The summed E-state index contributed by atoms with van der Waals surface area (Å²) in [6, 6.07) is 2.08. The summed E-state index contributed by atoms with van der Waals surface area (Å²) in [4.78, 5) is 13.3. The van der Waals surface area contributed by atoms with E-state index >= 15 is 0 Å². The van der Waals surface area contributed by atoms with Crippen molar-refractivity contribution < 1.29 is 4.79 Å². The Kier molecular flexibility index (Phi) is 4.80. The first kappa shape index (κ1) is 13.3. The van der Waals surface area contributed by atoms with Gasteiger partial charge >= 0.3 is 0 Å². The Balaban J connectivity index is 1.98. The van der Waals surface area contributed by atoms with Gasteiger partial charge < -0.3 is 0 Å². The van der Waals surface area contributed by atoms with Crippen molar-refractivity contribution in [3.63, 3.8) is 0 Å². The van der Waals surface area contributed by atoms with Crippen LogP contribution in [0.5, 0.6) is 0 Å². The van der Waals surface area contributed by atoms with E-state index in [1.807, 2.05) is 0 Å². The maximum absolute atomic E-state index is 12.0. The molecule has 1 saturated carbocycles. The van der Waals surface area contributed by atoms with E-state index in [-0.39, 0.29) is 5.92 Å². The predicted octanol–water partition coefficient (Wildman–Crippen LogP) is 4.84. The average molecular weight is 315 g/mol. The van der Waals surface area contributed by atoms with Gasteiger partial charge in [0.25, 0.3) is 0 Å². The number of carbonyl (C=O) groups is 1. The minimum atomic E-state index is 0.273. The molecule has 3 heteroatoms. The van der Waals surface area contributed by atoms with Crippen LogP contribution in [0.25, 0.3) is 0 Å². The Morgan fingerprint density at radius 2 is 2.35 bits per heavy atom. The van der Waals surface area contributed by atoms with E-state index in [0.29, 0.717) is 5.78 Å². The van der Waals surface area contributed by atoms with Gasteiger partial charge in [0.1, 0.15) is 5.78 Å². The van der Waals surface area contributed by atoms with Gasteiger partial charge in [-0.1, -0.05) is 19.8 Å². The molecule has 0 aromatic carbocycles. The molecule has 1 nitrogen and oxygen atoms in total. The van der Waals surface area contributed by atoms with Gasteiger partial charge in [0.2, 0.25) is 0 Å². The number of ketones is 1. The van der Waals surface area contributed by atoms with Gasteiger partial charge in [-0.15, -0.1) is 11.3 Å². The Labute approximate surface area is 116 Å². The van der Waals surface area contributed by atoms with E-state index in [9.17, 15) is 4.79 Å². The summed E-state index contributed by atoms with van der Waals surface area (Å²) >= 11 is 5.32. The smallest absolute Gasteiger partial charge is 0.136 e. The Morgan fingerprint density at radius 3 is 3.00 bits per heavy atom. The fourth-order valence-corrected chi connectivity index (χ4v) is 4.36. The molecule has 2 unspecified atom stereocenters. The van der Waals surface area contributed by atoms with Gasteiger partial charge in [-0.2, -0.15) is 0 Å². The number of hydrogen-bond donors (Lipinski definition) is 0. The molecule has 1 aliphatic carbocycles. The summed E-state index contributed by atoms with van der Waals surface area (Å²) in [7, 11) is 0. The van der Waals surface area contributed by atoms with Gasteiger partial charge in [0, 0.05) is 21.7 Å². The second-order valence-corrected chi connectivity index (χ2v) is 6.84. The number of hydrogen-bond acceptors (Lipinski definition) is 2. The van der Waals surface area contributed by atoms with E-state index in [0.717, 1.165) is 31.6 Å². The fraction of sp³-hybridized carbons (Fsp3) is 0.643. The van der Waals surface area contributed by atoms with E-state index in [4.69, 9.17) is 0 Å². The topological polar surface area (TPSA) is 17.1 Å². The molecule has 2 rings (SSSR count). The van der Waals surface area contributed by atoms with Crippen molar-refractivity contribution in [2.45, 2.75) is 45.4 Å².